The van der Waals surface area contributed by atoms with Gasteiger partial charge >= 0.3 is 0 Å². The van der Waals surface area contributed by atoms with Gasteiger partial charge in [0.25, 0.3) is 0 Å². The molecule has 0 aromatic rings. The Bertz CT molecular complexity index is 170. The molecular weight excluding hydrogens is 166 g/mol. The van der Waals surface area contributed by atoms with Crippen LogP contribution in [0.15, 0.2) is 0 Å². The van der Waals surface area contributed by atoms with E-state index < -0.39 is 0 Å². The first-order valence-electron chi connectivity index (χ1n) is 5.11. The monoisotopic (exact) mass is 185 g/mol. The number of hydrogen-bond acceptors (Lipinski definition) is 2. The van der Waals surface area contributed by atoms with Crippen LogP contribution in [0.3, 0.4) is 0 Å². The van der Waals surface area contributed by atoms with E-state index in [2.05, 4.69) is 12.2 Å². The van der Waals surface area contributed by atoms with Crippen LogP contribution in [0.2, 0.25) is 0 Å². The highest BCUT2D eigenvalue weighted by Gasteiger charge is 2.22. The van der Waals surface area contributed by atoms with E-state index in [9.17, 15) is 4.79 Å². The molecule has 1 saturated heterocycles. The van der Waals surface area contributed by atoms with Crippen LogP contribution >= 0.6 is 0 Å². The molecule has 0 spiro atoms. The summed E-state index contributed by atoms with van der Waals surface area (Å²) >= 11 is 0. The highest BCUT2D eigenvalue weighted by Crippen LogP contribution is 2.13. The molecule has 0 bridgehead atoms. The largest absolute Gasteiger partial charge is 0.381 e. The fourth-order valence-electron chi connectivity index (χ4n) is 1.60. The zero-order chi connectivity index (χ0) is 9.68. The first-order chi connectivity index (χ1) is 6.24. The van der Waals surface area contributed by atoms with Crippen molar-refractivity contribution < 1.29 is 9.53 Å². The van der Waals surface area contributed by atoms with Gasteiger partial charge in [0.2, 0.25) is 5.91 Å². The number of amides is 1. The maximum absolute atomic E-state index is 11.3. The molecule has 13 heavy (non-hydrogen) atoms. The minimum absolute atomic E-state index is 0.182. The summed E-state index contributed by atoms with van der Waals surface area (Å²) in [6.45, 7) is 5.70. The molecule has 76 valence electrons. The van der Waals surface area contributed by atoms with Crippen molar-refractivity contribution in [1.82, 2.24) is 5.32 Å². The van der Waals surface area contributed by atoms with Crippen molar-refractivity contribution in [2.24, 2.45) is 5.92 Å². The number of ether oxygens (including phenoxy) is 1. The van der Waals surface area contributed by atoms with Gasteiger partial charge in [-0.25, -0.2) is 0 Å². The Hall–Kier alpha value is -0.570. The van der Waals surface area contributed by atoms with E-state index in [-0.39, 0.29) is 5.91 Å². The normalized spacial score (nSPS) is 28.5. The number of carbonyl (C=O) groups excluding carboxylic acids is 1. The highest BCUT2D eigenvalue weighted by atomic mass is 16.5. The number of nitrogens with one attached hydrogen (secondary N) is 1. The number of hydrogen-bond donors (Lipinski definition) is 1. The first kappa shape index (κ1) is 10.5. The molecule has 2 atom stereocenters. The zero-order valence-electron chi connectivity index (χ0n) is 8.51. The Morgan fingerprint density at radius 2 is 2.38 bits per heavy atom. The smallest absolute Gasteiger partial charge is 0.220 e. The molecular formula is C10H19NO2. The van der Waals surface area contributed by atoms with Crippen LogP contribution in [0.4, 0.5) is 0 Å². The Morgan fingerprint density at radius 1 is 1.62 bits per heavy atom. The SMILES string of the molecule is CCCC(=O)NC1CCOCC1C. The molecule has 1 rings (SSSR count). The Morgan fingerprint density at radius 3 is 3.00 bits per heavy atom. The van der Waals surface area contributed by atoms with E-state index in [4.69, 9.17) is 4.74 Å². The van der Waals surface area contributed by atoms with Gasteiger partial charge in [-0.05, 0) is 18.8 Å². The molecule has 1 aliphatic heterocycles. The third-order valence-corrected chi connectivity index (χ3v) is 2.46. The van der Waals surface area contributed by atoms with Crippen molar-refractivity contribution in [1.29, 1.82) is 0 Å². The molecule has 1 fully saturated rings. The number of carbonyl (C=O) groups is 1. The third-order valence-electron chi connectivity index (χ3n) is 2.46. The second-order valence-corrected chi connectivity index (χ2v) is 3.76. The van der Waals surface area contributed by atoms with Crippen LogP contribution in [0.25, 0.3) is 0 Å². The van der Waals surface area contributed by atoms with E-state index in [1.807, 2.05) is 6.92 Å². The minimum atomic E-state index is 0.182. The van der Waals surface area contributed by atoms with E-state index >= 15 is 0 Å². The Kier molecular flexibility index (Phi) is 4.22. The van der Waals surface area contributed by atoms with Gasteiger partial charge in [0.1, 0.15) is 0 Å². The molecule has 3 nitrogen and oxygen atoms in total. The predicted octanol–water partition coefficient (Wildman–Crippen LogP) is 1.33. The van der Waals surface area contributed by atoms with Crippen LogP contribution in [-0.2, 0) is 9.53 Å². The second-order valence-electron chi connectivity index (χ2n) is 3.76. The van der Waals surface area contributed by atoms with Gasteiger partial charge in [0, 0.05) is 19.1 Å². The molecule has 1 amide bonds. The number of rotatable bonds is 3. The molecule has 0 aromatic carbocycles. The van der Waals surface area contributed by atoms with Gasteiger partial charge in [-0.15, -0.1) is 0 Å². The second kappa shape index (κ2) is 5.22. The molecule has 0 aliphatic carbocycles. The average Bonchev–Trinajstić information content (AvgIpc) is 2.09. The van der Waals surface area contributed by atoms with Crippen LogP contribution in [0.1, 0.15) is 33.1 Å². The van der Waals surface area contributed by atoms with Crippen molar-refractivity contribution >= 4 is 5.91 Å². The lowest BCUT2D eigenvalue weighted by molar-refractivity contribution is -0.123. The molecule has 2 unspecified atom stereocenters. The lowest BCUT2D eigenvalue weighted by atomic mass is 9.98. The standard InChI is InChI=1S/C10H19NO2/c1-3-4-10(12)11-9-5-6-13-7-8(9)2/h8-9H,3-7H2,1-2H3,(H,11,12). The summed E-state index contributed by atoms with van der Waals surface area (Å²) in [5, 5.41) is 3.05. The highest BCUT2D eigenvalue weighted by molar-refractivity contribution is 5.76. The van der Waals surface area contributed by atoms with Crippen molar-refractivity contribution in [3.63, 3.8) is 0 Å². The van der Waals surface area contributed by atoms with Gasteiger partial charge in [0.15, 0.2) is 0 Å². The Balaban J connectivity index is 2.29. The molecule has 1 aliphatic rings. The quantitative estimate of drug-likeness (QED) is 0.720. The van der Waals surface area contributed by atoms with E-state index in [1.54, 1.807) is 0 Å². The van der Waals surface area contributed by atoms with Crippen molar-refractivity contribution in [3.05, 3.63) is 0 Å². The van der Waals surface area contributed by atoms with Crippen LogP contribution in [-0.4, -0.2) is 25.2 Å². The summed E-state index contributed by atoms with van der Waals surface area (Å²) in [4.78, 5) is 11.3. The summed E-state index contributed by atoms with van der Waals surface area (Å²) in [7, 11) is 0. The van der Waals surface area contributed by atoms with E-state index in [1.165, 1.54) is 0 Å². The maximum atomic E-state index is 11.3. The van der Waals surface area contributed by atoms with Gasteiger partial charge < -0.3 is 10.1 Å². The van der Waals surface area contributed by atoms with E-state index in [0.29, 0.717) is 18.4 Å². The van der Waals surface area contributed by atoms with Crippen LogP contribution < -0.4 is 5.32 Å². The summed E-state index contributed by atoms with van der Waals surface area (Å²) in [5.74, 6) is 0.635. The molecule has 1 N–H and O–H groups in total. The topological polar surface area (TPSA) is 38.3 Å². The van der Waals surface area contributed by atoms with Crippen LogP contribution in [0, 0.1) is 5.92 Å². The molecule has 0 saturated carbocycles. The van der Waals surface area contributed by atoms with Gasteiger partial charge in [-0.3, -0.25) is 4.79 Å². The van der Waals surface area contributed by atoms with Crippen LogP contribution in [0.5, 0.6) is 0 Å². The summed E-state index contributed by atoms with van der Waals surface area (Å²) in [6.07, 6.45) is 2.52. The lowest BCUT2D eigenvalue weighted by Crippen LogP contribution is -2.44. The lowest BCUT2D eigenvalue weighted by Gasteiger charge is -2.29. The zero-order valence-corrected chi connectivity index (χ0v) is 8.51. The average molecular weight is 185 g/mol. The molecule has 0 aromatic heterocycles. The van der Waals surface area contributed by atoms with E-state index in [0.717, 1.165) is 26.1 Å². The fraction of sp³-hybridized carbons (Fsp3) is 0.900. The predicted molar refractivity (Wildman–Crippen MR) is 51.4 cm³/mol. The Labute approximate surface area is 79.8 Å². The van der Waals surface area contributed by atoms with Gasteiger partial charge in [-0.2, -0.15) is 0 Å². The van der Waals surface area contributed by atoms with Gasteiger partial charge in [-0.1, -0.05) is 13.8 Å². The fourth-order valence-corrected chi connectivity index (χ4v) is 1.60. The van der Waals surface area contributed by atoms with Crippen molar-refractivity contribution in [2.75, 3.05) is 13.2 Å². The summed E-state index contributed by atoms with van der Waals surface area (Å²) in [6, 6.07) is 0.327. The summed E-state index contributed by atoms with van der Waals surface area (Å²) in [5.41, 5.74) is 0. The van der Waals surface area contributed by atoms with Crippen molar-refractivity contribution in [2.45, 2.75) is 39.2 Å². The maximum Gasteiger partial charge on any atom is 0.220 e. The van der Waals surface area contributed by atoms with Crippen molar-refractivity contribution in [3.8, 4) is 0 Å². The third kappa shape index (κ3) is 3.35. The van der Waals surface area contributed by atoms with Gasteiger partial charge in [0.05, 0.1) is 6.61 Å². The molecule has 0 radical (unpaired) electrons. The molecule has 3 heteroatoms. The first-order valence-corrected chi connectivity index (χ1v) is 5.11. The minimum Gasteiger partial charge on any atom is -0.381 e. The summed E-state index contributed by atoms with van der Waals surface area (Å²) < 4.78 is 5.30. The molecule has 1 heterocycles.